The van der Waals surface area contributed by atoms with Crippen molar-refractivity contribution >= 4 is 6.09 Å². The van der Waals surface area contributed by atoms with E-state index in [0.717, 1.165) is 26.1 Å². The van der Waals surface area contributed by atoms with Crippen molar-refractivity contribution in [3.8, 4) is 0 Å². The predicted octanol–water partition coefficient (Wildman–Crippen LogP) is 2.51. The van der Waals surface area contributed by atoms with Gasteiger partial charge in [0.25, 0.3) is 0 Å². The molecule has 0 spiro atoms. The number of ether oxygens (including phenoxy) is 1. The number of nitrogens with zero attached hydrogens (tertiary/aromatic N) is 1. The first-order chi connectivity index (χ1) is 9.40. The average Bonchev–Trinajstić information content (AvgIpc) is 2.79. The SMILES string of the molecule is CCn1ccc(CNCCCNC(=O)OC(C)(C)C)c1. The summed E-state index contributed by atoms with van der Waals surface area (Å²) in [5.41, 5.74) is 0.848. The molecular weight excluding hydrogens is 254 g/mol. The van der Waals surface area contributed by atoms with Crippen molar-refractivity contribution in [2.45, 2.75) is 52.8 Å². The lowest BCUT2D eigenvalue weighted by molar-refractivity contribution is 0.0527. The maximum absolute atomic E-state index is 11.4. The molecule has 2 N–H and O–H groups in total. The molecule has 0 aliphatic heterocycles. The fraction of sp³-hybridized carbons (Fsp3) is 0.667. The molecule has 0 aliphatic rings. The Morgan fingerprint density at radius 1 is 1.35 bits per heavy atom. The molecular formula is C15H27N3O2. The number of rotatable bonds is 7. The minimum atomic E-state index is -0.436. The summed E-state index contributed by atoms with van der Waals surface area (Å²) >= 11 is 0. The zero-order valence-electron chi connectivity index (χ0n) is 13.0. The zero-order valence-corrected chi connectivity index (χ0v) is 13.0. The smallest absolute Gasteiger partial charge is 0.407 e. The second kappa shape index (κ2) is 7.94. The Kier molecular flexibility index (Phi) is 6.58. The summed E-state index contributed by atoms with van der Waals surface area (Å²) in [6, 6.07) is 2.12. The third kappa shape index (κ3) is 7.19. The molecule has 0 aliphatic carbocycles. The van der Waals surface area contributed by atoms with Crippen LogP contribution < -0.4 is 10.6 Å². The van der Waals surface area contributed by atoms with Gasteiger partial charge in [-0.25, -0.2) is 4.79 Å². The van der Waals surface area contributed by atoms with E-state index < -0.39 is 5.60 Å². The molecule has 0 bridgehead atoms. The molecule has 5 heteroatoms. The number of carbonyl (C=O) groups is 1. The van der Waals surface area contributed by atoms with Gasteiger partial charge in [-0.05, 0) is 52.3 Å². The van der Waals surface area contributed by atoms with Gasteiger partial charge in [-0.2, -0.15) is 0 Å². The second-order valence-corrected chi connectivity index (χ2v) is 5.81. The fourth-order valence-electron chi connectivity index (χ4n) is 1.74. The number of amides is 1. The van der Waals surface area contributed by atoms with E-state index in [2.05, 4.69) is 40.6 Å². The van der Waals surface area contributed by atoms with Crippen LogP contribution in [0.15, 0.2) is 18.5 Å². The van der Waals surface area contributed by atoms with Gasteiger partial charge in [0.1, 0.15) is 5.60 Å². The minimum Gasteiger partial charge on any atom is -0.444 e. The Bertz CT molecular complexity index is 407. The highest BCUT2D eigenvalue weighted by molar-refractivity contribution is 5.67. The molecule has 20 heavy (non-hydrogen) atoms. The molecule has 1 heterocycles. The Morgan fingerprint density at radius 2 is 2.10 bits per heavy atom. The van der Waals surface area contributed by atoms with E-state index >= 15 is 0 Å². The van der Waals surface area contributed by atoms with Crippen molar-refractivity contribution in [1.82, 2.24) is 15.2 Å². The lowest BCUT2D eigenvalue weighted by Crippen LogP contribution is -2.33. The second-order valence-electron chi connectivity index (χ2n) is 5.81. The first-order valence-electron chi connectivity index (χ1n) is 7.23. The normalized spacial score (nSPS) is 11.4. The summed E-state index contributed by atoms with van der Waals surface area (Å²) in [5, 5.41) is 6.10. The number of carbonyl (C=O) groups excluding carboxylic acids is 1. The maximum atomic E-state index is 11.4. The molecule has 0 radical (unpaired) electrons. The molecule has 0 saturated carbocycles. The topological polar surface area (TPSA) is 55.3 Å². The number of aryl methyl sites for hydroxylation is 1. The summed E-state index contributed by atoms with van der Waals surface area (Å²) < 4.78 is 7.31. The van der Waals surface area contributed by atoms with Gasteiger partial charge in [0, 0.05) is 32.0 Å². The van der Waals surface area contributed by atoms with E-state index in [9.17, 15) is 4.79 Å². The number of hydrogen-bond acceptors (Lipinski definition) is 3. The molecule has 0 saturated heterocycles. The lowest BCUT2D eigenvalue weighted by Gasteiger charge is -2.19. The van der Waals surface area contributed by atoms with Crippen LogP contribution in [0.25, 0.3) is 0 Å². The summed E-state index contributed by atoms with van der Waals surface area (Å²) in [7, 11) is 0. The van der Waals surface area contributed by atoms with Gasteiger partial charge in [0.15, 0.2) is 0 Å². The van der Waals surface area contributed by atoms with Gasteiger partial charge >= 0.3 is 6.09 Å². The first-order valence-corrected chi connectivity index (χ1v) is 7.23. The summed E-state index contributed by atoms with van der Waals surface area (Å²) in [6.07, 6.45) is 4.76. The van der Waals surface area contributed by atoms with E-state index in [1.807, 2.05) is 20.8 Å². The number of hydrogen-bond donors (Lipinski definition) is 2. The molecule has 5 nitrogen and oxygen atoms in total. The number of alkyl carbamates (subject to hydrolysis) is 1. The van der Waals surface area contributed by atoms with Crippen LogP contribution in [0.3, 0.4) is 0 Å². The molecule has 0 fully saturated rings. The van der Waals surface area contributed by atoms with E-state index in [-0.39, 0.29) is 6.09 Å². The van der Waals surface area contributed by atoms with Gasteiger partial charge in [-0.3, -0.25) is 0 Å². The monoisotopic (exact) mass is 281 g/mol. The standard InChI is InChI=1S/C15H27N3O2/c1-5-18-10-7-13(12-18)11-16-8-6-9-17-14(19)20-15(2,3)4/h7,10,12,16H,5-6,8-9,11H2,1-4H3,(H,17,19). The third-order valence-corrected chi connectivity index (χ3v) is 2.70. The number of aromatic nitrogens is 1. The molecule has 1 amide bonds. The molecule has 1 aromatic rings. The first kappa shape index (κ1) is 16.6. The number of nitrogens with one attached hydrogen (secondary N) is 2. The van der Waals surface area contributed by atoms with Gasteiger partial charge in [-0.15, -0.1) is 0 Å². The van der Waals surface area contributed by atoms with Crippen molar-refractivity contribution in [3.63, 3.8) is 0 Å². The highest BCUT2D eigenvalue weighted by atomic mass is 16.6. The van der Waals surface area contributed by atoms with Crippen LogP contribution >= 0.6 is 0 Å². The van der Waals surface area contributed by atoms with E-state index in [1.165, 1.54) is 5.56 Å². The van der Waals surface area contributed by atoms with Gasteiger partial charge < -0.3 is 19.9 Å². The largest absolute Gasteiger partial charge is 0.444 e. The predicted molar refractivity (Wildman–Crippen MR) is 80.7 cm³/mol. The molecule has 114 valence electrons. The van der Waals surface area contributed by atoms with Crippen molar-refractivity contribution in [3.05, 3.63) is 24.0 Å². The summed E-state index contributed by atoms with van der Waals surface area (Å²) in [5.74, 6) is 0. The van der Waals surface area contributed by atoms with Crippen LogP contribution in [0.1, 0.15) is 39.7 Å². The fourth-order valence-corrected chi connectivity index (χ4v) is 1.74. The van der Waals surface area contributed by atoms with Crippen LogP contribution in [0.2, 0.25) is 0 Å². The van der Waals surface area contributed by atoms with Crippen molar-refractivity contribution in [2.75, 3.05) is 13.1 Å². The third-order valence-electron chi connectivity index (χ3n) is 2.70. The highest BCUT2D eigenvalue weighted by Gasteiger charge is 2.15. The van der Waals surface area contributed by atoms with Crippen molar-refractivity contribution in [2.24, 2.45) is 0 Å². The van der Waals surface area contributed by atoms with Gasteiger partial charge in [0.2, 0.25) is 0 Å². The molecule has 0 atom stereocenters. The maximum Gasteiger partial charge on any atom is 0.407 e. The molecule has 1 aromatic heterocycles. The van der Waals surface area contributed by atoms with Crippen molar-refractivity contribution < 1.29 is 9.53 Å². The van der Waals surface area contributed by atoms with Crippen LogP contribution in [0.5, 0.6) is 0 Å². The minimum absolute atomic E-state index is 0.350. The summed E-state index contributed by atoms with van der Waals surface area (Å²) in [4.78, 5) is 11.4. The average molecular weight is 281 g/mol. The molecule has 0 aromatic carbocycles. The van der Waals surface area contributed by atoms with Crippen LogP contribution in [0, 0.1) is 0 Å². The van der Waals surface area contributed by atoms with Crippen LogP contribution in [-0.2, 0) is 17.8 Å². The van der Waals surface area contributed by atoms with Crippen LogP contribution in [-0.4, -0.2) is 29.4 Å². The van der Waals surface area contributed by atoms with Gasteiger partial charge in [0.05, 0.1) is 0 Å². The Balaban J connectivity index is 2.03. The van der Waals surface area contributed by atoms with E-state index in [1.54, 1.807) is 0 Å². The van der Waals surface area contributed by atoms with E-state index in [4.69, 9.17) is 4.74 Å². The van der Waals surface area contributed by atoms with Gasteiger partial charge in [-0.1, -0.05) is 0 Å². The zero-order chi connectivity index (χ0) is 15.0. The quantitative estimate of drug-likeness (QED) is 0.755. The lowest BCUT2D eigenvalue weighted by atomic mass is 10.2. The Hall–Kier alpha value is -1.49. The highest BCUT2D eigenvalue weighted by Crippen LogP contribution is 2.06. The molecule has 1 rings (SSSR count). The van der Waals surface area contributed by atoms with Crippen molar-refractivity contribution in [1.29, 1.82) is 0 Å². The summed E-state index contributed by atoms with van der Waals surface area (Å²) in [6.45, 7) is 11.0. The van der Waals surface area contributed by atoms with E-state index in [0.29, 0.717) is 6.54 Å². The molecule has 0 unspecified atom stereocenters. The van der Waals surface area contributed by atoms with Crippen LogP contribution in [0.4, 0.5) is 4.79 Å². The Labute approximate surface area is 121 Å². The Morgan fingerprint density at radius 3 is 2.70 bits per heavy atom.